The van der Waals surface area contributed by atoms with Crippen LogP contribution in [0.5, 0.6) is 0 Å². The number of nitrogens with zero attached hydrogens (tertiary/aromatic N) is 1. The van der Waals surface area contributed by atoms with E-state index in [0.717, 1.165) is 12.1 Å². The Morgan fingerprint density at radius 3 is 2.46 bits per heavy atom. The lowest BCUT2D eigenvalue weighted by Gasteiger charge is -2.21. The van der Waals surface area contributed by atoms with Gasteiger partial charge in [-0.3, -0.25) is 4.79 Å². The number of amides is 1. The van der Waals surface area contributed by atoms with Gasteiger partial charge in [0.25, 0.3) is 0 Å². The van der Waals surface area contributed by atoms with Gasteiger partial charge in [-0.1, -0.05) is 24.3 Å². The number of benzene rings is 1. The van der Waals surface area contributed by atoms with E-state index in [-0.39, 0.29) is 6.04 Å². The Kier molecular flexibility index (Phi) is 3.26. The first-order chi connectivity index (χ1) is 6.29. The second-order valence-electron chi connectivity index (χ2n) is 2.82. The molecule has 0 radical (unpaired) electrons. The maximum Gasteiger partial charge on any atom is 0.214 e. The smallest absolute Gasteiger partial charge is 0.214 e. The minimum Gasteiger partial charge on any atom is -0.308 e. The van der Waals surface area contributed by atoms with E-state index in [9.17, 15) is 4.79 Å². The lowest BCUT2D eigenvalue weighted by Crippen LogP contribution is -2.29. The minimum atomic E-state index is 0.0277. The quantitative estimate of drug-likeness (QED) is 0.507. The van der Waals surface area contributed by atoms with Crippen molar-refractivity contribution in [3.63, 3.8) is 0 Å². The summed E-state index contributed by atoms with van der Waals surface area (Å²) in [5.41, 5.74) is 0.893. The van der Waals surface area contributed by atoms with Gasteiger partial charge >= 0.3 is 0 Å². The third-order valence-corrected chi connectivity index (χ3v) is 1.95. The molecule has 0 fully saturated rings. The molecule has 0 saturated carbocycles. The number of rotatable bonds is 4. The summed E-state index contributed by atoms with van der Waals surface area (Å²) >= 11 is 0. The van der Waals surface area contributed by atoms with E-state index in [1.54, 1.807) is 11.0 Å². The van der Waals surface area contributed by atoms with Crippen LogP contribution in [0.2, 0.25) is 0 Å². The summed E-state index contributed by atoms with van der Waals surface area (Å²) in [7, 11) is 0. The first-order valence-corrected chi connectivity index (χ1v) is 4.21. The van der Waals surface area contributed by atoms with Crippen LogP contribution in [0, 0.1) is 0 Å². The van der Waals surface area contributed by atoms with Crippen LogP contribution in [0.1, 0.15) is 6.92 Å². The van der Waals surface area contributed by atoms with Crippen molar-refractivity contribution in [2.75, 3.05) is 4.90 Å². The maximum atomic E-state index is 10.8. The molecule has 1 aromatic carbocycles. The number of carbonyl (C=O) groups is 1. The van der Waals surface area contributed by atoms with E-state index >= 15 is 0 Å². The molecule has 0 aliphatic rings. The average Bonchev–Trinajstić information content (AvgIpc) is 2.20. The second-order valence-corrected chi connectivity index (χ2v) is 2.82. The van der Waals surface area contributed by atoms with E-state index in [2.05, 4.69) is 6.58 Å². The van der Waals surface area contributed by atoms with Crippen LogP contribution in [0.3, 0.4) is 0 Å². The Morgan fingerprint density at radius 2 is 2.00 bits per heavy atom. The van der Waals surface area contributed by atoms with E-state index in [0.29, 0.717) is 0 Å². The molecule has 0 spiro atoms. The van der Waals surface area contributed by atoms with Gasteiger partial charge in [-0.05, 0) is 19.1 Å². The highest BCUT2D eigenvalue weighted by Gasteiger charge is 2.08. The Morgan fingerprint density at radius 1 is 1.38 bits per heavy atom. The summed E-state index contributed by atoms with van der Waals surface area (Å²) in [5, 5.41) is 0. The maximum absolute atomic E-state index is 10.8. The third-order valence-electron chi connectivity index (χ3n) is 1.95. The van der Waals surface area contributed by atoms with Gasteiger partial charge in [0.15, 0.2) is 0 Å². The Balaban J connectivity index is 2.90. The van der Waals surface area contributed by atoms with Crippen LogP contribution in [0.15, 0.2) is 43.0 Å². The highest BCUT2D eigenvalue weighted by Crippen LogP contribution is 2.14. The van der Waals surface area contributed by atoms with Crippen LogP contribution >= 0.6 is 0 Å². The molecular weight excluding hydrogens is 162 g/mol. The Bertz CT molecular complexity index is 281. The molecule has 2 nitrogen and oxygen atoms in total. The molecule has 0 aromatic heterocycles. The van der Waals surface area contributed by atoms with E-state index in [4.69, 9.17) is 0 Å². The van der Waals surface area contributed by atoms with Gasteiger partial charge < -0.3 is 4.90 Å². The number of anilines is 1. The molecule has 13 heavy (non-hydrogen) atoms. The number of para-hydroxylation sites is 1. The van der Waals surface area contributed by atoms with Gasteiger partial charge in [0.1, 0.15) is 0 Å². The van der Waals surface area contributed by atoms with Crippen LogP contribution in [0.25, 0.3) is 0 Å². The minimum absolute atomic E-state index is 0.0277. The van der Waals surface area contributed by atoms with Gasteiger partial charge in [-0.15, -0.1) is 6.58 Å². The average molecular weight is 175 g/mol. The van der Waals surface area contributed by atoms with Crippen LogP contribution in [-0.4, -0.2) is 12.5 Å². The summed E-state index contributed by atoms with van der Waals surface area (Å²) in [6.45, 7) is 5.58. The predicted molar refractivity (Wildman–Crippen MR) is 54.6 cm³/mol. The fourth-order valence-electron chi connectivity index (χ4n) is 1.11. The van der Waals surface area contributed by atoms with Crippen molar-refractivity contribution in [3.05, 3.63) is 43.0 Å². The fraction of sp³-hybridized carbons (Fsp3) is 0.182. The zero-order valence-electron chi connectivity index (χ0n) is 7.68. The van der Waals surface area contributed by atoms with Gasteiger partial charge in [-0.25, -0.2) is 0 Å². The topological polar surface area (TPSA) is 20.3 Å². The van der Waals surface area contributed by atoms with Crippen LogP contribution in [0.4, 0.5) is 5.69 Å². The summed E-state index contributed by atoms with van der Waals surface area (Å²) in [6, 6.07) is 9.55. The van der Waals surface area contributed by atoms with Crippen molar-refractivity contribution in [1.29, 1.82) is 0 Å². The first kappa shape index (κ1) is 9.52. The SMILES string of the molecule is C=C[C@@H](C)N(C=O)c1ccccc1. The molecule has 1 amide bonds. The molecule has 1 rings (SSSR count). The summed E-state index contributed by atoms with van der Waals surface area (Å²) in [5.74, 6) is 0. The lowest BCUT2D eigenvalue weighted by molar-refractivity contribution is -0.107. The highest BCUT2D eigenvalue weighted by molar-refractivity contribution is 5.76. The highest BCUT2D eigenvalue weighted by atomic mass is 16.1. The molecule has 0 heterocycles. The number of carbonyl (C=O) groups excluding carboxylic acids is 1. The molecule has 0 aliphatic heterocycles. The van der Waals surface area contributed by atoms with Crippen LogP contribution in [-0.2, 0) is 4.79 Å². The van der Waals surface area contributed by atoms with Crippen molar-refractivity contribution in [2.24, 2.45) is 0 Å². The summed E-state index contributed by atoms with van der Waals surface area (Å²) < 4.78 is 0. The van der Waals surface area contributed by atoms with Gasteiger partial charge in [0, 0.05) is 5.69 Å². The molecule has 0 bridgehead atoms. The largest absolute Gasteiger partial charge is 0.308 e. The molecule has 0 aliphatic carbocycles. The normalized spacial score (nSPS) is 11.8. The van der Waals surface area contributed by atoms with Crippen molar-refractivity contribution in [1.82, 2.24) is 0 Å². The van der Waals surface area contributed by atoms with Crippen molar-refractivity contribution in [2.45, 2.75) is 13.0 Å². The van der Waals surface area contributed by atoms with E-state index in [1.807, 2.05) is 37.3 Å². The van der Waals surface area contributed by atoms with E-state index < -0.39 is 0 Å². The molecule has 2 heteroatoms. The van der Waals surface area contributed by atoms with Crippen molar-refractivity contribution >= 4 is 12.1 Å². The molecule has 0 N–H and O–H groups in total. The predicted octanol–water partition coefficient (Wildman–Crippen LogP) is 2.22. The Labute approximate surface area is 78.5 Å². The summed E-state index contributed by atoms with van der Waals surface area (Å²) in [6.07, 6.45) is 2.56. The molecule has 68 valence electrons. The zero-order valence-corrected chi connectivity index (χ0v) is 7.68. The standard InChI is InChI=1S/C11H13NO/c1-3-10(2)12(9-13)11-7-5-4-6-8-11/h3-10H,1H2,2H3/t10-/m1/s1. The molecular formula is C11H13NO. The molecule has 0 unspecified atom stereocenters. The molecule has 1 atom stereocenters. The third kappa shape index (κ3) is 2.18. The molecule has 1 aromatic rings. The second kappa shape index (κ2) is 4.45. The van der Waals surface area contributed by atoms with Crippen LogP contribution < -0.4 is 4.90 Å². The van der Waals surface area contributed by atoms with Gasteiger partial charge in [-0.2, -0.15) is 0 Å². The van der Waals surface area contributed by atoms with E-state index in [1.165, 1.54) is 0 Å². The van der Waals surface area contributed by atoms with Gasteiger partial charge in [0.05, 0.1) is 6.04 Å². The zero-order chi connectivity index (χ0) is 9.68. The monoisotopic (exact) mass is 175 g/mol. The Hall–Kier alpha value is -1.57. The summed E-state index contributed by atoms with van der Waals surface area (Å²) in [4.78, 5) is 12.4. The van der Waals surface area contributed by atoms with Crippen molar-refractivity contribution in [3.8, 4) is 0 Å². The lowest BCUT2D eigenvalue weighted by atomic mass is 10.2. The van der Waals surface area contributed by atoms with Crippen molar-refractivity contribution < 1.29 is 4.79 Å². The van der Waals surface area contributed by atoms with Gasteiger partial charge in [0.2, 0.25) is 6.41 Å². The number of hydrogen-bond donors (Lipinski definition) is 0. The number of hydrogen-bond acceptors (Lipinski definition) is 1. The first-order valence-electron chi connectivity index (χ1n) is 4.21. The molecule has 0 saturated heterocycles. The fourth-order valence-corrected chi connectivity index (χ4v) is 1.11.